The monoisotopic (exact) mass is 290 g/mol. The van der Waals surface area contributed by atoms with Crippen LogP contribution in [0.5, 0.6) is 11.5 Å². The molecule has 2 fully saturated rings. The van der Waals surface area contributed by atoms with Crippen molar-refractivity contribution in [2.45, 2.75) is 32.2 Å². The zero-order chi connectivity index (χ0) is 14.7. The zero-order valence-corrected chi connectivity index (χ0v) is 12.8. The van der Waals surface area contributed by atoms with Gasteiger partial charge in [-0.25, -0.2) is 0 Å². The first-order valence-electron chi connectivity index (χ1n) is 8.18. The smallest absolute Gasteiger partial charge is 0.161 e. The largest absolute Gasteiger partial charge is 0.504 e. The normalized spacial score (nSPS) is 21.2. The third-order valence-corrected chi connectivity index (χ3v) is 4.51. The molecule has 1 aromatic carbocycles. The molecule has 1 aliphatic carbocycles. The molecule has 2 aliphatic rings. The molecule has 0 aromatic heterocycles. The number of nitrogens with zero attached hydrogens (tertiary/aromatic N) is 1. The van der Waals surface area contributed by atoms with E-state index in [9.17, 15) is 5.11 Å². The molecular weight excluding hydrogens is 264 g/mol. The summed E-state index contributed by atoms with van der Waals surface area (Å²) in [5.74, 6) is 1.74. The maximum absolute atomic E-state index is 9.90. The van der Waals surface area contributed by atoms with Crippen LogP contribution in [0.25, 0.3) is 0 Å². The molecule has 0 amide bonds. The molecule has 1 heterocycles. The number of rotatable bonds is 6. The molecule has 0 unspecified atom stereocenters. The van der Waals surface area contributed by atoms with E-state index >= 15 is 0 Å². The van der Waals surface area contributed by atoms with Gasteiger partial charge in [0.25, 0.3) is 0 Å². The van der Waals surface area contributed by atoms with Gasteiger partial charge in [0.05, 0.1) is 6.61 Å². The maximum Gasteiger partial charge on any atom is 0.161 e. The first-order chi connectivity index (χ1) is 10.3. The van der Waals surface area contributed by atoms with Crippen LogP contribution in [0.3, 0.4) is 0 Å². The predicted molar refractivity (Wildman–Crippen MR) is 83.8 cm³/mol. The fourth-order valence-corrected chi connectivity index (χ4v) is 3.17. The second-order valence-electron chi connectivity index (χ2n) is 6.14. The second-order valence-corrected chi connectivity index (χ2v) is 6.14. The molecule has 4 heteroatoms. The van der Waals surface area contributed by atoms with Gasteiger partial charge < -0.3 is 15.2 Å². The maximum atomic E-state index is 9.90. The Balaban J connectivity index is 1.82. The van der Waals surface area contributed by atoms with Crippen molar-refractivity contribution in [3.8, 4) is 11.5 Å². The topological polar surface area (TPSA) is 44.7 Å². The Kier molecular flexibility index (Phi) is 4.66. The van der Waals surface area contributed by atoms with Gasteiger partial charge in [0.1, 0.15) is 0 Å². The molecule has 4 nitrogen and oxygen atoms in total. The highest BCUT2D eigenvalue weighted by Crippen LogP contribution is 2.41. The third kappa shape index (κ3) is 3.69. The summed E-state index contributed by atoms with van der Waals surface area (Å²) in [7, 11) is 0. The van der Waals surface area contributed by atoms with Crippen LogP contribution in [0.4, 0.5) is 0 Å². The lowest BCUT2D eigenvalue weighted by Gasteiger charge is -2.35. The number of nitrogens with one attached hydrogen (secondary N) is 1. The van der Waals surface area contributed by atoms with Gasteiger partial charge in [-0.15, -0.1) is 0 Å². The van der Waals surface area contributed by atoms with Gasteiger partial charge in [-0.2, -0.15) is 0 Å². The van der Waals surface area contributed by atoms with Crippen molar-refractivity contribution < 1.29 is 9.84 Å². The molecule has 0 bridgehead atoms. The fraction of sp³-hybridized carbons (Fsp3) is 0.647. The lowest BCUT2D eigenvalue weighted by atomic mass is 9.98. The van der Waals surface area contributed by atoms with Gasteiger partial charge >= 0.3 is 0 Å². The van der Waals surface area contributed by atoms with Crippen LogP contribution in [0.2, 0.25) is 0 Å². The van der Waals surface area contributed by atoms with E-state index in [0.29, 0.717) is 18.4 Å². The van der Waals surface area contributed by atoms with E-state index in [1.165, 1.54) is 24.8 Å². The van der Waals surface area contributed by atoms with Gasteiger partial charge in [0.2, 0.25) is 0 Å². The molecule has 0 radical (unpaired) electrons. The van der Waals surface area contributed by atoms with Gasteiger partial charge in [-0.3, -0.25) is 4.90 Å². The second kappa shape index (κ2) is 6.67. The summed E-state index contributed by atoms with van der Waals surface area (Å²) in [5.41, 5.74) is 1.28. The van der Waals surface area contributed by atoms with Crippen molar-refractivity contribution in [1.82, 2.24) is 10.2 Å². The molecule has 1 saturated heterocycles. The highest BCUT2D eigenvalue weighted by atomic mass is 16.5. The van der Waals surface area contributed by atoms with E-state index < -0.39 is 0 Å². The van der Waals surface area contributed by atoms with Crippen LogP contribution in [-0.2, 0) is 0 Å². The van der Waals surface area contributed by atoms with Gasteiger partial charge in [0, 0.05) is 32.2 Å². The quantitative estimate of drug-likeness (QED) is 0.845. The molecular formula is C17H26N2O2. The van der Waals surface area contributed by atoms with Gasteiger partial charge in [0.15, 0.2) is 11.5 Å². The lowest BCUT2D eigenvalue weighted by molar-refractivity contribution is 0.160. The molecule has 3 rings (SSSR count). The van der Waals surface area contributed by atoms with Crippen LogP contribution in [-0.4, -0.2) is 42.8 Å². The first-order valence-corrected chi connectivity index (χ1v) is 8.18. The standard InChI is InChI=1S/C17H26N2O2/c1-2-21-17-12-14(5-6-16(17)20)15(11-13-3-4-13)19-9-7-18-8-10-19/h5-6,12-13,15,18,20H,2-4,7-11H2,1H3/t15-/m1/s1. The number of hydrogen-bond acceptors (Lipinski definition) is 4. The van der Waals surface area contributed by atoms with Gasteiger partial charge in [-0.05, 0) is 37.0 Å². The van der Waals surface area contributed by atoms with Crippen LogP contribution < -0.4 is 10.1 Å². The summed E-state index contributed by atoms with van der Waals surface area (Å²) in [6.07, 6.45) is 3.98. The Hall–Kier alpha value is -1.26. The molecule has 21 heavy (non-hydrogen) atoms. The van der Waals surface area contributed by atoms with Crippen LogP contribution in [0.1, 0.15) is 37.8 Å². The van der Waals surface area contributed by atoms with Crippen LogP contribution >= 0.6 is 0 Å². The average Bonchev–Trinajstić information content (AvgIpc) is 3.33. The van der Waals surface area contributed by atoms with Crippen LogP contribution in [0, 0.1) is 5.92 Å². The Morgan fingerprint density at radius 1 is 1.33 bits per heavy atom. The minimum atomic E-state index is 0.242. The Bertz CT molecular complexity index is 468. The van der Waals surface area contributed by atoms with Crippen molar-refractivity contribution >= 4 is 0 Å². The van der Waals surface area contributed by atoms with Crippen molar-refractivity contribution in [1.29, 1.82) is 0 Å². The zero-order valence-electron chi connectivity index (χ0n) is 12.8. The number of aromatic hydroxyl groups is 1. The van der Waals surface area contributed by atoms with E-state index in [1.54, 1.807) is 6.07 Å². The number of phenolic OH excluding ortho intramolecular Hbond substituents is 1. The predicted octanol–water partition coefficient (Wildman–Crippen LogP) is 2.54. The van der Waals surface area contributed by atoms with Crippen molar-refractivity contribution in [2.24, 2.45) is 5.92 Å². The average molecular weight is 290 g/mol. The Morgan fingerprint density at radius 3 is 2.76 bits per heavy atom. The summed E-state index contributed by atoms with van der Waals surface area (Å²) in [6.45, 7) is 6.86. The molecule has 1 aromatic rings. The lowest BCUT2D eigenvalue weighted by Crippen LogP contribution is -2.45. The van der Waals surface area contributed by atoms with Crippen molar-refractivity contribution in [3.63, 3.8) is 0 Å². The minimum Gasteiger partial charge on any atom is -0.504 e. The number of phenols is 1. The summed E-state index contributed by atoms with van der Waals surface area (Å²) in [4.78, 5) is 2.58. The Labute approximate surface area is 127 Å². The van der Waals surface area contributed by atoms with E-state index in [-0.39, 0.29) is 5.75 Å². The molecule has 1 saturated carbocycles. The van der Waals surface area contributed by atoms with E-state index in [2.05, 4.69) is 16.3 Å². The highest BCUT2D eigenvalue weighted by molar-refractivity contribution is 5.43. The SMILES string of the molecule is CCOc1cc([C@@H](CC2CC2)N2CCNCC2)ccc1O. The molecule has 1 atom stereocenters. The van der Waals surface area contributed by atoms with Crippen molar-refractivity contribution in [2.75, 3.05) is 32.8 Å². The van der Waals surface area contributed by atoms with E-state index in [0.717, 1.165) is 32.1 Å². The molecule has 2 N–H and O–H groups in total. The molecule has 116 valence electrons. The van der Waals surface area contributed by atoms with Gasteiger partial charge in [-0.1, -0.05) is 18.9 Å². The van der Waals surface area contributed by atoms with Crippen molar-refractivity contribution in [3.05, 3.63) is 23.8 Å². The van der Waals surface area contributed by atoms with E-state index in [1.807, 2.05) is 13.0 Å². The summed E-state index contributed by atoms with van der Waals surface area (Å²) >= 11 is 0. The minimum absolute atomic E-state index is 0.242. The van der Waals surface area contributed by atoms with E-state index in [4.69, 9.17) is 4.74 Å². The number of piperazine rings is 1. The highest BCUT2D eigenvalue weighted by Gasteiger charge is 2.30. The summed E-state index contributed by atoms with van der Waals surface area (Å²) in [5, 5.41) is 13.3. The third-order valence-electron chi connectivity index (χ3n) is 4.51. The number of ether oxygens (including phenoxy) is 1. The molecule has 0 spiro atoms. The first kappa shape index (κ1) is 14.7. The summed E-state index contributed by atoms with van der Waals surface area (Å²) < 4.78 is 5.55. The summed E-state index contributed by atoms with van der Waals surface area (Å²) in [6, 6.07) is 6.34. The van der Waals surface area contributed by atoms with Crippen LogP contribution in [0.15, 0.2) is 18.2 Å². The molecule has 1 aliphatic heterocycles. The number of hydrogen-bond donors (Lipinski definition) is 2. The fourth-order valence-electron chi connectivity index (χ4n) is 3.17. The Morgan fingerprint density at radius 2 is 2.10 bits per heavy atom. The number of benzene rings is 1.